The number of H-pyrrole nitrogens is 1. The minimum atomic E-state index is -0.497. The molecule has 2 heterocycles. The fourth-order valence-corrected chi connectivity index (χ4v) is 3.90. The van der Waals surface area contributed by atoms with Crippen LogP contribution in [0, 0.1) is 14.2 Å². The molecule has 0 atom stereocenters. The molecule has 0 spiro atoms. The lowest BCUT2D eigenvalue weighted by molar-refractivity contribution is -0.120. The van der Waals surface area contributed by atoms with Crippen molar-refractivity contribution in [2.45, 2.75) is 19.4 Å². The zero-order valence-electron chi connectivity index (χ0n) is 15.7. The van der Waals surface area contributed by atoms with Gasteiger partial charge in [-0.1, -0.05) is 12.1 Å². The molecule has 0 unspecified atom stereocenters. The van der Waals surface area contributed by atoms with Crippen LogP contribution in [0.2, 0.25) is 0 Å². The third-order valence-corrected chi connectivity index (χ3v) is 5.72. The fourth-order valence-electron chi connectivity index (χ4n) is 3.31. The van der Waals surface area contributed by atoms with E-state index in [9.17, 15) is 14.0 Å². The summed E-state index contributed by atoms with van der Waals surface area (Å²) in [5.41, 5.74) is 1.08. The van der Waals surface area contributed by atoms with Gasteiger partial charge in [0, 0.05) is 16.7 Å². The molecule has 1 amide bonds. The first-order valence-corrected chi connectivity index (χ1v) is 10.7. The Kier molecular flexibility index (Phi) is 5.95. The topological polar surface area (TPSA) is 84.2 Å². The number of benzene rings is 2. The van der Waals surface area contributed by atoms with Crippen LogP contribution in [0.25, 0.3) is 16.7 Å². The number of rotatable bonds is 6. The summed E-state index contributed by atoms with van der Waals surface area (Å²) < 4.78 is 18.2. The van der Waals surface area contributed by atoms with Gasteiger partial charge in [-0.15, -0.1) is 5.10 Å². The molecular weight excluding hydrogens is 520 g/mol. The summed E-state index contributed by atoms with van der Waals surface area (Å²) in [4.78, 5) is 25.1. The third kappa shape index (κ3) is 4.15. The molecule has 0 saturated heterocycles. The molecule has 0 aliphatic rings. The molecule has 0 aliphatic carbocycles. The molecule has 0 radical (unpaired) electrons. The zero-order chi connectivity index (χ0) is 21.3. The van der Waals surface area contributed by atoms with Crippen LogP contribution >= 0.6 is 34.8 Å². The van der Waals surface area contributed by atoms with Gasteiger partial charge >= 0.3 is 0 Å². The van der Waals surface area contributed by atoms with Gasteiger partial charge in [0.15, 0.2) is 0 Å². The first-order valence-electron chi connectivity index (χ1n) is 9.24. The van der Waals surface area contributed by atoms with Crippen LogP contribution in [0.15, 0.2) is 47.3 Å². The number of nitrogens with one attached hydrogen (secondary N) is 2. The Labute approximate surface area is 189 Å². The molecular formula is C20H17FIN5O2S. The average Bonchev–Trinajstić information content (AvgIpc) is 3.10. The molecule has 0 saturated carbocycles. The van der Waals surface area contributed by atoms with Crippen molar-refractivity contribution >= 4 is 57.4 Å². The standard InChI is InChI=1S/C20H17FIN5O2S/c21-13-4-7-16-15(11-13)18(29)26(19-24-25-20(30)27(16)19)9-1-8-23-17(28)10-12-2-5-14(22)6-3-12/h2-7,11H,1,8-10H2,(H,23,28)(H,25,30). The van der Waals surface area contributed by atoms with Crippen LogP contribution in [0.4, 0.5) is 4.39 Å². The number of aromatic amines is 1. The number of amides is 1. The van der Waals surface area contributed by atoms with Crippen molar-refractivity contribution < 1.29 is 9.18 Å². The molecule has 0 bridgehead atoms. The third-order valence-electron chi connectivity index (χ3n) is 4.73. The molecule has 10 heteroatoms. The number of aryl methyl sites for hydroxylation is 1. The Hall–Kier alpha value is -2.60. The fraction of sp³-hybridized carbons (Fsp3) is 0.200. The van der Waals surface area contributed by atoms with E-state index in [0.29, 0.717) is 42.0 Å². The predicted octanol–water partition coefficient (Wildman–Crippen LogP) is 3.20. The summed E-state index contributed by atoms with van der Waals surface area (Å²) in [5, 5.41) is 9.93. The van der Waals surface area contributed by atoms with Crippen molar-refractivity contribution in [3.63, 3.8) is 0 Å². The van der Waals surface area contributed by atoms with Crippen molar-refractivity contribution in [1.82, 2.24) is 24.5 Å². The molecule has 0 aliphatic heterocycles. The Bertz CT molecular complexity index is 1360. The summed E-state index contributed by atoms with van der Waals surface area (Å²) in [6.07, 6.45) is 0.805. The second-order valence-corrected chi connectivity index (χ2v) is 8.42. The maximum atomic E-state index is 13.7. The van der Waals surface area contributed by atoms with Gasteiger partial charge in [0.05, 0.1) is 17.3 Å². The molecule has 30 heavy (non-hydrogen) atoms. The number of fused-ring (bicyclic) bond motifs is 3. The van der Waals surface area contributed by atoms with E-state index in [4.69, 9.17) is 12.2 Å². The second kappa shape index (κ2) is 8.64. The Balaban J connectivity index is 1.49. The summed E-state index contributed by atoms with van der Waals surface area (Å²) in [6.45, 7) is 0.701. The van der Waals surface area contributed by atoms with Crippen LogP contribution in [0.5, 0.6) is 0 Å². The van der Waals surface area contributed by atoms with E-state index in [1.165, 1.54) is 22.8 Å². The highest BCUT2D eigenvalue weighted by atomic mass is 127. The highest BCUT2D eigenvalue weighted by Crippen LogP contribution is 2.15. The molecule has 2 N–H and O–H groups in total. The van der Waals surface area contributed by atoms with E-state index < -0.39 is 5.82 Å². The van der Waals surface area contributed by atoms with Gasteiger partial charge in [-0.25, -0.2) is 9.49 Å². The summed E-state index contributed by atoms with van der Waals surface area (Å²) >= 11 is 7.48. The number of hydrogen-bond acceptors (Lipinski definition) is 4. The van der Waals surface area contributed by atoms with Gasteiger partial charge in [-0.05, 0) is 77.1 Å². The number of nitrogens with zero attached hydrogens (tertiary/aromatic N) is 3. The SMILES string of the molecule is O=C(Cc1ccc(I)cc1)NCCCn1c(=O)c2cc(F)ccc2n2c(=S)[nH]nc12. The van der Waals surface area contributed by atoms with Crippen molar-refractivity contribution in [1.29, 1.82) is 0 Å². The maximum absolute atomic E-state index is 13.7. The van der Waals surface area contributed by atoms with Crippen molar-refractivity contribution in [2.24, 2.45) is 0 Å². The first-order chi connectivity index (χ1) is 14.4. The number of hydrogen-bond donors (Lipinski definition) is 2. The Morgan fingerprint density at radius 2 is 2.00 bits per heavy atom. The minimum Gasteiger partial charge on any atom is -0.356 e. The Morgan fingerprint density at radius 3 is 2.77 bits per heavy atom. The lowest BCUT2D eigenvalue weighted by Gasteiger charge is -2.11. The maximum Gasteiger partial charge on any atom is 0.262 e. The van der Waals surface area contributed by atoms with E-state index in [-0.39, 0.29) is 16.9 Å². The summed E-state index contributed by atoms with van der Waals surface area (Å²) in [6, 6.07) is 11.8. The quantitative estimate of drug-likeness (QED) is 0.225. The van der Waals surface area contributed by atoms with Crippen LogP contribution in [0.1, 0.15) is 12.0 Å². The predicted molar refractivity (Wildman–Crippen MR) is 123 cm³/mol. The molecule has 0 fully saturated rings. The van der Waals surface area contributed by atoms with E-state index >= 15 is 0 Å². The molecule has 154 valence electrons. The molecule has 4 aromatic rings. The van der Waals surface area contributed by atoms with Crippen LogP contribution in [-0.4, -0.2) is 31.6 Å². The van der Waals surface area contributed by atoms with E-state index in [1.807, 2.05) is 24.3 Å². The number of aromatic nitrogens is 4. The number of carbonyl (C=O) groups is 1. The van der Waals surface area contributed by atoms with Crippen molar-refractivity contribution in [2.75, 3.05) is 6.54 Å². The number of carbonyl (C=O) groups excluding carboxylic acids is 1. The van der Waals surface area contributed by atoms with E-state index in [1.54, 1.807) is 4.40 Å². The summed E-state index contributed by atoms with van der Waals surface area (Å²) in [5.74, 6) is -0.228. The van der Waals surface area contributed by atoms with Gasteiger partial charge in [-0.3, -0.25) is 18.6 Å². The average molecular weight is 537 g/mol. The molecule has 2 aromatic carbocycles. The highest BCUT2D eigenvalue weighted by Gasteiger charge is 2.14. The van der Waals surface area contributed by atoms with Crippen LogP contribution < -0.4 is 10.9 Å². The van der Waals surface area contributed by atoms with Crippen molar-refractivity contribution in [3.8, 4) is 0 Å². The van der Waals surface area contributed by atoms with E-state index in [2.05, 4.69) is 38.1 Å². The van der Waals surface area contributed by atoms with E-state index in [0.717, 1.165) is 9.13 Å². The van der Waals surface area contributed by atoms with Gasteiger partial charge in [0.1, 0.15) is 5.82 Å². The summed E-state index contributed by atoms with van der Waals surface area (Å²) in [7, 11) is 0. The largest absolute Gasteiger partial charge is 0.356 e. The smallest absolute Gasteiger partial charge is 0.262 e. The molecule has 4 rings (SSSR count). The lowest BCUT2D eigenvalue weighted by Crippen LogP contribution is -2.29. The highest BCUT2D eigenvalue weighted by molar-refractivity contribution is 14.1. The number of halogens is 2. The minimum absolute atomic E-state index is 0.0868. The van der Waals surface area contributed by atoms with Gasteiger partial charge in [0.25, 0.3) is 5.56 Å². The monoisotopic (exact) mass is 537 g/mol. The first kappa shape index (κ1) is 20.7. The van der Waals surface area contributed by atoms with Gasteiger partial charge in [0.2, 0.25) is 16.5 Å². The normalized spacial score (nSPS) is 11.3. The molecule has 7 nitrogen and oxygen atoms in total. The van der Waals surface area contributed by atoms with Crippen LogP contribution in [0.3, 0.4) is 0 Å². The molecule has 2 aromatic heterocycles. The Morgan fingerprint density at radius 1 is 1.23 bits per heavy atom. The van der Waals surface area contributed by atoms with Gasteiger partial charge < -0.3 is 5.32 Å². The second-order valence-electron chi connectivity index (χ2n) is 6.79. The zero-order valence-corrected chi connectivity index (χ0v) is 18.7. The van der Waals surface area contributed by atoms with Crippen LogP contribution in [-0.2, 0) is 17.8 Å². The van der Waals surface area contributed by atoms with Crippen molar-refractivity contribution in [3.05, 3.63) is 72.5 Å². The lowest BCUT2D eigenvalue weighted by atomic mass is 10.1. The van der Waals surface area contributed by atoms with Gasteiger partial charge in [-0.2, -0.15) is 0 Å².